The highest BCUT2D eigenvalue weighted by Gasteiger charge is 2.27. The van der Waals surface area contributed by atoms with Crippen molar-refractivity contribution < 1.29 is 19.8 Å². The van der Waals surface area contributed by atoms with E-state index in [2.05, 4.69) is 5.32 Å². The molecule has 0 bridgehead atoms. The molecular formula is C15H28N2O4. The fraction of sp³-hybridized carbons (Fsp3) is 0.867. The van der Waals surface area contributed by atoms with Crippen LogP contribution >= 0.6 is 0 Å². The van der Waals surface area contributed by atoms with E-state index in [0.29, 0.717) is 6.54 Å². The summed E-state index contributed by atoms with van der Waals surface area (Å²) in [6.07, 6.45) is 5.31. The van der Waals surface area contributed by atoms with Crippen molar-refractivity contribution in [3.8, 4) is 0 Å². The summed E-state index contributed by atoms with van der Waals surface area (Å²) >= 11 is 0. The summed E-state index contributed by atoms with van der Waals surface area (Å²) in [6.45, 7) is 4.02. The number of aliphatic carboxylic acids is 1. The van der Waals surface area contributed by atoms with Gasteiger partial charge in [-0.15, -0.1) is 0 Å². The van der Waals surface area contributed by atoms with E-state index in [1.807, 2.05) is 13.8 Å². The van der Waals surface area contributed by atoms with Gasteiger partial charge in [-0.3, -0.25) is 4.79 Å². The zero-order chi connectivity index (χ0) is 15.8. The summed E-state index contributed by atoms with van der Waals surface area (Å²) in [7, 11) is 0. The first-order valence-corrected chi connectivity index (χ1v) is 7.85. The largest absolute Gasteiger partial charge is 0.481 e. The van der Waals surface area contributed by atoms with E-state index < -0.39 is 11.9 Å². The smallest absolute Gasteiger partial charge is 0.317 e. The average molecular weight is 300 g/mol. The number of aliphatic hydroxyl groups excluding tert-OH is 1. The van der Waals surface area contributed by atoms with Crippen LogP contribution in [0.1, 0.15) is 46.0 Å². The van der Waals surface area contributed by atoms with E-state index in [0.717, 1.165) is 25.7 Å². The molecule has 0 heterocycles. The van der Waals surface area contributed by atoms with Crippen molar-refractivity contribution in [3.63, 3.8) is 0 Å². The predicted molar refractivity (Wildman–Crippen MR) is 80.0 cm³/mol. The lowest BCUT2D eigenvalue weighted by Gasteiger charge is -2.34. The van der Waals surface area contributed by atoms with Crippen molar-refractivity contribution in [2.75, 3.05) is 19.7 Å². The minimum absolute atomic E-state index is 0.0382. The van der Waals surface area contributed by atoms with Gasteiger partial charge in [0.05, 0.1) is 12.5 Å². The van der Waals surface area contributed by atoms with Crippen LogP contribution in [0, 0.1) is 11.8 Å². The van der Waals surface area contributed by atoms with Crippen molar-refractivity contribution in [1.29, 1.82) is 0 Å². The Hall–Kier alpha value is -1.30. The molecule has 0 aromatic heterocycles. The van der Waals surface area contributed by atoms with Crippen LogP contribution in [0.4, 0.5) is 4.79 Å². The normalized spacial score (nSPS) is 17.5. The van der Waals surface area contributed by atoms with Crippen LogP contribution in [0.3, 0.4) is 0 Å². The number of nitrogens with zero attached hydrogens (tertiary/aromatic N) is 1. The second-order valence-electron chi connectivity index (χ2n) is 6.08. The lowest BCUT2D eigenvalue weighted by molar-refractivity contribution is -0.142. The van der Waals surface area contributed by atoms with Gasteiger partial charge >= 0.3 is 12.0 Å². The zero-order valence-electron chi connectivity index (χ0n) is 13.0. The third-order valence-electron chi connectivity index (χ3n) is 4.21. The topological polar surface area (TPSA) is 89.9 Å². The number of amides is 2. The van der Waals surface area contributed by atoms with Crippen molar-refractivity contribution in [1.82, 2.24) is 10.2 Å². The molecule has 0 aromatic carbocycles. The fourth-order valence-electron chi connectivity index (χ4n) is 2.86. The minimum atomic E-state index is -0.892. The van der Waals surface area contributed by atoms with E-state index in [-0.39, 0.29) is 31.1 Å². The summed E-state index contributed by atoms with van der Waals surface area (Å²) in [5, 5.41) is 21.0. The first-order valence-electron chi connectivity index (χ1n) is 7.85. The van der Waals surface area contributed by atoms with E-state index in [1.165, 1.54) is 6.42 Å². The Morgan fingerprint density at radius 1 is 1.24 bits per heavy atom. The first kappa shape index (κ1) is 17.8. The van der Waals surface area contributed by atoms with E-state index in [1.54, 1.807) is 4.90 Å². The highest BCUT2D eigenvalue weighted by Crippen LogP contribution is 2.22. The summed E-state index contributed by atoms with van der Waals surface area (Å²) in [5.41, 5.74) is 0. The van der Waals surface area contributed by atoms with Gasteiger partial charge in [0.25, 0.3) is 0 Å². The number of carboxylic acids is 1. The summed E-state index contributed by atoms with van der Waals surface area (Å²) < 4.78 is 0. The number of urea groups is 1. The van der Waals surface area contributed by atoms with Gasteiger partial charge in [-0.1, -0.05) is 33.1 Å². The monoisotopic (exact) mass is 300 g/mol. The number of carbonyl (C=O) groups excluding carboxylic acids is 1. The lowest BCUT2D eigenvalue weighted by atomic mass is 9.94. The SMILES string of the molecule is CC(C)C(CNC(=O)N(CCO)C1CCCCC1)C(=O)O. The molecule has 0 spiro atoms. The minimum Gasteiger partial charge on any atom is -0.481 e. The van der Waals surface area contributed by atoms with Gasteiger partial charge in [0.15, 0.2) is 0 Å². The van der Waals surface area contributed by atoms with Gasteiger partial charge < -0.3 is 20.4 Å². The molecule has 0 radical (unpaired) electrons. The Bertz CT molecular complexity index is 341. The molecule has 1 fully saturated rings. The predicted octanol–water partition coefficient (Wildman–Crippen LogP) is 1.68. The summed E-state index contributed by atoms with van der Waals surface area (Å²) in [6, 6.07) is -0.101. The van der Waals surface area contributed by atoms with Gasteiger partial charge in [-0.25, -0.2) is 4.79 Å². The summed E-state index contributed by atoms with van der Waals surface area (Å²) in [5.74, 6) is -1.52. The van der Waals surface area contributed by atoms with Gasteiger partial charge in [0.2, 0.25) is 0 Å². The Labute approximate surface area is 126 Å². The van der Waals surface area contributed by atoms with Gasteiger partial charge in [-0.05, 0) is 18.8 Å². The standard InChI is InChI=1S/C15H28N2O4/c1-11(2)13(14(19)20)10-16-15(21)17(8-9-18)12-6-4-3-5-7-12/h11-13,18H,3-10H2,1-2H3,(H,16,21)(H,19,20). The molecule has 0 aliphatic heterocycles. The van der Waals surface area contributed by atoms with E-state index in [4.69, 9.17) is 10.2 Å². The Balaban J connectivity index is 2.57. The van der Waals surface area contributed by atoms with E-state index >= 15 is 0 Å². The highest BCUT2D eigenvalue weighted by atomic mass is 16.4. The lowest BCUT2D eigenvalue weighted by Crippen LogP contribution is -2.50. The molecule has 0 aromatic rings. The molecule has 21 heavy (non-hydrogen) atoms. The molecule has 0 saturated heterocycles. The maximum atomic E-state index is 12.3. The van der Waals surface area contributed by atoms with Crippen molar-refractivity contribution in [2.24, 2.45) is 11.8 Å². The second-order valence-corrected chi connectivity index (χ2v) is 6.08. The molecule has 1 atom stereocenters. The van der Waals surface area contributed by atoms with Crippen molar-refractivity contribution in [3.05, 3.63) is 0 Å². The maximum absolute atomic E-state index is 12.3. The molecule has 2 amide bonds. The Kier molecular flexibility index (Phi) is 7.50. The van der Waals surface area contributed by atoms with Crippen LogP contribution in [-0.2, 0) is 4.79 Å². The third-order valence-corrected chi connectivity index (χ3v) is 4.21. The molecular weight excluding hydrogens is 272 g/mol. The first-order chi connectivity index (χ1) is 9.97. The van der Waals surface area contributed by atoms with Crippen molar-refractivity contribution >= 4 is 12.0 Å². The van der Waals surface area contributed by atoms with Gasteiger partial charge in [0.1, 0.15) is 0 Å². The molecule has 3 N–H and O–H groups in total. The van der Waals surface area contributed by atoms with Gasteiger partial charge in [-0.2, -0.15) is 0 Å². The molecule has 122 valence electrons. The van der Waals surface area contributed by atoms with Crippen LogP contribution in [0.25, 0.3) is 0 Å². The summed E-state index contributed by atoms with van der Waals surface area (Å²) in [4.78, 5) is 25.1. The number of rotatable bonds is 7. The fourth-order valence-corrected chi connectivity index (χ4v) is 2.86. The number of hydrogen-bond donors (Lipinski definition) is 3. The number of hydrogen-bond acceptors (Lipinski definition) is 3. The highest BCUT2D eigenvalue weighted by molar-refractivity contribution is 5.76. The van der Waals surface area contributed by atoms with Crippen LogP contribution < -0.4 is 5.32 Å². The quantitative estimate of drug-likeness (QED) is 0.667. The molecule has 1 saturated carbocycles. The Morgan fingerprint density at radius 3 is 2.33 bits per heavy atom. The zero-order valence-corrected chi connectivity index (χ0v) is 13.0. The molecule has 1 aliphatic rings. The number of carboxylic acid groups (broad SMARTS) is 1. The average Bonchev–Trinajstić information content (AvgIpc) is 2.44. The van der Waals surface area contributed by atoms with Crippen LogP contribution in [0.2, 0.25) is 0 Å². The molecule has 6 nitrogen and oxygen atoms in total. The van der Waals surface area contributed by atoms with Crippen LogP contribution in [0.15, 0.2) is 0 Å². The number of nitrogens with one attached hydrogen (secondary N) is 1. The van der Waals surface area contributed by atoms with Crippen molar-refractivity contribution in [2.45, 2.75) is 52.0 Å². The molecule has 6 heteroatoms. The maximum Gasteiger partial charge on any atom is 0.317 e. The molecule has 1 rings (SSSR count). The molecule has 1 aliphatic carbocycles. The number of carbonyl (C=O) groups is 2. The second kappa shape index (κ2) is 8.87. The van der Waals surface area contributed by atoms with Crippen LogP contribution in [0.5, 0.6) is 0 Å². The van der Waals surface area contributed by atoms with Gasteiger partial charge in [0, 0.05) is 19.1 Å². The number of aliphatic hydroxyl groups is 1. The molecule has 1 unspecified atom stereocenters. The Morgan fingerprint density at radius 2 is 1.86 bits per heavy atom. The third kappa shape index (κ3) is 5.53. The van der Waals surface area contributed by atoms with E-state index in [9.17, 15) is 9.59 Å². The van der Waals surface area contributed by atoms with Crippen LogP contribution in [-0.4, -0.2) is 52.9 Å².